The molecule has 0 amide bonds. The quantitative estimate of drug-likeness (QED) is 0.694. The third-order valence-electron chi connectivity index (χ3n) is 4.98. The molecule has 4 unspecified atom stereocenters. The van der Waals surface area contributed by atoms with Gasteiger partial charge in [-0.25, -0.2) is 0 Å². The van der Waals surface area contributed by atoms with Crippen molar-refractivity contribution in [2.45, 2.75) is 23.3 Å². The van der Waals surface area contributed by atoms with Crippen LogP contribution in [0.15, 0.2) is 53.4 Å². The van der Waals surface area contributed by atoms with Crippen LogP contribution in [-0.4, -0.2) is 10.5 Å². The first-order chi connectivity index (χ1) is 11.6. The molecule has 1 N–H and O–H groups in total. The largest absolute Gasteiger partial charge is 0.377 e. The van der Waals surface area contributed by atoms with Gasteiger partial charge in [0.25, 0.3) is 0 Å². The molecule has 4 atom stereocenters. The van der Waals surface area contributed by atoms with Gasteiger partial charge in [-0.05, 0) is 35.6 Å². The third kappa shape index (κ3) is 2.50. The van der Waals surface area contributed by atoms with E-state index in [1.54, 1.807) is 12.3 Å². The highest BCUT2D eigenvalue weighted by Crippen LogP contribution is 2.52. The molecule has 124 valence electrons. The summed E-state index contributed by atoms with van der Waals surface area (Å²) >= 11 is 12.7. The molecule has 2 aliphatic rings. The molecule has 2 nitrogen and oxygen atoms in total. The van der Waals surface area contributed by atoms with Crippen molar-refractivity contribution in [1.82, 2.24) is 0 Å². The van der Waals surface area contributed by atoms with Gasteiger partial charge in [0.15, 0.2) is 0 Å². The molecule has 2 aromatic carbocycles. The molecule has 0 aromatic heterocycles. The lowest BCUT2D eigenvalue weighted by Gasteiger charge is -2.38. The molecule has 0 saturated carbocycles. The van der Waals surface area contributed by atoms with Crippen molar-refractivity contribution >= 4 is 39.7 Å². The Balaban J connectivity index is 1.88. The molecule has 1 aliphatic carbocycles. The van der Waals surface area contributed by atoms with E-state index in [1.165, 1.54) is 5.56 Å². The Morgan fingerprint density at radius 1 is 1.12 bits per heavy atom. The van der Waals surface area contributed by atoms with Gasteiger partial charge in [0.05, 0.1) is 37.5 Å². The second-order valence-electron chi connectivity index (χ2n) is 6.29. The van der Waals surface area contributed by atoms with Crippen LogP contribution in [0.2, 0.25) is 10.0 Å². The molecule has 0 fully saturated rings. The zero-order valence-corrected chi connectivity index (χ0v) is 15.5. The van der Waals surface area contributed by atoms with Gasteiger partial charge in [-0.1, -0.05) is 59.6 Å². The second-order valence-corrected chi connectivity index (χ2v) is 8.43. The monoisotopic (exact) mass is 377 g/mol. The highest BCUT2D eigenvalue weighted by molar-refractivity contribution is 7.84. The molecule has 4 rings (SSSR count). The number of fused-ring (bicyclic) bond motifs is 3. The molecule has 5 heteroatoms. The van der Waals surface area contributed by atoms with E-state index in [0.29, 0.717) is 21.9 Å². The lowest BCUT2D eigenvalue weighted by Crippen LogP contribution is -2.30. The Hall–Kier alpha value is -1.29. The SMILES string of the molecule is CS(=O)c1cccc2c1NC(c1cccc(Cl)c1Cl)C1CC=CC21. The second kappa shape index (κ2) is 6.21. The summed E-state index contributed by atoms with van der Waals surface area (Å²) in [5.41, 5.74) is 3.20. The van der Waals surface area contributed by atoms with Crippen LogP contribution in [0, 0.1) is 5.92 Å². The first-order valence-corrected chi connectivity index (χ1v) is 10.2. The lowest BCUT2D eigenvalue weighted by molar-refractivity contribution is 0.424. The summed E-state index contributed by atoms with van der Waals surface area (Å²) in [5, 5.41) is 4.79. The van der Waals surface area contributed by atoms with Gasteiger partial charge in [-0.2, -0.15) is 0 Å². The molecule has 0 radical (unpaired) electrons. The van der Waals surface area contributed by atoms with Crippen LogP contribution < -0.4 is 5.32 Å². The topological polar surface area (TPSA) is 29.1 Å². The number of hydrogen-bond acceptors (Lipinski definition) is 2. The van der Waals surface area contributed by atoms with Crippen LogP contribution >= 0.6 is 23.2 Å². The van der Waals surface area contributed by atoms with E-state index in [0.717, 1.165) is 22.6 Å². The molecule has 2 aromatic rings. The maximum atomic E-state index is 12.2. The number of rotatable bonds is 2. The van der Waals surface area contributed by atoms with Crippen molar-refractivity contribution in [3.8, 4) is 0 Å². The highest BCUT2D eigenvalue weighted by atomic mass is 35.5. The number of para-hydroxylation sites is 1. The fraction of sp³-hybridized carbons (Fsp3) is 0.263. The first-order valence-electron chi connectivity index (χ1n) is 7.91. The standard InChI is InChI=1S/C19H17Cl2NOS/c1-24(23)16-10-4-7-13-11-5-2-6-12(11)18(22-19(13)16)14-8-3-9-15(20)17(14)21/h2-5,7-12,18,22H,6H2,1H3. The average molecular weight is 378 g/mol. The number of nitrogens with one attached hydrogen (secondary N) is 1. The Labute approximate surface area is 154 Å². The minimum absolute atomic E-state index is 0.0494. The number of anilines is 1. The van der Waals surface area contributed by atoms with Gasteiger partial charge in [0, 0.05) is 12.2 Å². The van der Waals surface area contributed by atoms with E-state index in [9.17, 15) is 4.21 Å². The normalized spacial score (nSPS) is 25.7. The van der Waals surface area contributed by atoms with E-state index >= 15 is 0 Å². The van der Waals surface area contributed by atoms with Crippen LogP contribution in [0.4, 0.5) is 5.69 Å². The minimum Gasteiger partial charge on any atom is -0.377 e. The summed E-state index contributed by atoms with van der Waals surface area (Å²) in [5.74, 6) is 0.693. The zero-order chi connectivity index (χ0) is 16.8. The maximum absolute atomic E-state index is 12.2. The highest BCUT2D eigenvalue weighted by Gasteiger charge is 2.39. The number of benzene rings is 2. The Kier molecular flexibility index (Phi) is 4.19. The molecule has 24 heavy (non-hydrogen) atoms. The van der Waals surface area contributed by atoms with E-state index in [1.807, 2.05) is 24.3 Å². The van der Waals surface area contributed by atoms with E-state index in [-0.39, 0.29) is 6.04 Å². The number of hydrogen-bond donors (Lipinski definition) is 1. The third-order valence-corrected chi connectivity index (χ3v) is 6.78. The Bertz CT molecular complexity index is 864. The van der Waals surface area contributed by atoms with Gasteiger partial charge in [0.1, 0.15) is 0 Å². The molecular formula is C19H17Cl2NOS. The van der Waals surface area contributed by atoms with Crippen LogP contribution in [0.3, 0.4) is 0 Å². The van der Waals surface area contributed by atoms with Gasteiger partial charge in [0.2, 0.25) is 0 Å². The molecule has 1 aliphatic heterocycles. The predicted octanol–water partition coefficient (Wildman–Crippen LogP) is 5.56. The van der Waals surface area contributed by atoms with E-state index in [2.05, 4.69) is 23.5 Å². The summed E-state index contributed by atoms with van der Waals surface area (Å²) in [6, 6.07) is 11.9. The number of halogens is 2. The zero-order valence-electron chi connectivity index (χ0n) is 13.1. The predicted molar refractivity (Wildman–Crippen MR) is 102 cm³/mol. The van der Waals surface area contributed by atoms with Crippen LogP contribution in [-0.2, 0) is 10.8 Å². The Morgan fingerprint density at radius 3 is 2.67 bits per heavy atom. The fourth-order valence-electron chi connectivity index (χ4n) is 3.90. The van der Waals surface area contributed by atoms with E-state index < -0.39 is 10.8 Å². The molecule has 0 bridgehead atoms. The minimum atomic E-state index is -1.05. The van der Waals surface area contributed by atoms with Crippen molar-refractivity contribution in [3.05, 3.63) is 69.7 Å². The van der Waals surface area contributed by atoms with Crippen molar-refractivity contribution in [2.24, 2.45) is 5.92 Å². The molecular weight excluding hydrogens is 361 g/mol. The molecule has 1 heterocycles. The van der Waals surface area contributed by atoms with Crippen LogP contribution in [0.5, 0.6) is 0 Å². The van der Waals surface area contributed by atoms with Crippen LogP contribution in [0.1, 0.15) is 29.5 Å². The van der Waals surface area contributed by atoms with Gasteiger partial charge in [-0.3, -0.25) is 4.21 Å². The summed E-state index contributed by atoms with van der Waals surface area (Å²) < 4.78 is 12.2. The summed E-state index contributed by atoms with van der Waals surface area (Å²) in [6.07, 6.45) is 7.20. The maximum Gasteiger partial charge on any atom is 0.0645 e. The van der Waals surface area contributed by atoms with Crippen molar-refractivity contribution < 1.29 is 4.21 Å². The average Bonchev–Trinajstić information content (AvgIpc) is 3.06. The van der Waals surface area contributed by atoms with Gasteiger partial charge >= 0.3 is 0 Å². The lowest BCUT2D eigenvalue weighted by atomic mass is 9.77. The summed E-state index contributed by atoms with van der Waals surface area (Å²) in [4.78, 5) is 0.842. The molecule has 0 spiro atoms. The smallest absolute Gasteiger partial charge is 0.0645 e. The summed E-state index contributed by atoms with van der Waals surface area (Å²) in [6.45, 7) is 0. The Morgan fingerprint density at radius 2 is 1.88 bits per heavy atom. The fourth-order valence-corrected chi connectivity index (χ4v) is 5.06. The van der Waals surface area contributed by atoms with Crippen LogP contribution in [0.25, 0.3) is 0 Å². The molecule has 0 saturated heterocycles. The number of allylic oxidation sites excluding steroid dienone is 2. The van der Waals surface area contributed by atoms with Gasteiger partial charge < -0.3 is 5.32 Å². The van der Waals surface area contributed by atoms with Gasteiger partial charge in [-0.15, -0.1) is 0 Å². The first kappa shape index (κ1) is 16.2. The van der Waals surface area contributed by atoms with E-state index in [4.69, 9.17) is 23.2 Å². The van der Waals surface area contributed by atoms with Crippen molar-refractivity contribution in [3.63, 3.8) is 0 Å². The van der Waals surface area contributed by atoms with Crippen molar-refractivity contribution in [1.29, 1.82) is 0 Å². The van der Waals surface area contributed by atoms with Crippen molar-refractivity contribution in [2.75, 3.05) is 11.6 Å². The summed E-state index contributed by atoms with van der Waals surface area (Å²) in [7, 11) is -1.05.